The van der Waals surface area contributed by atoms with Gasteiger partial charge in [-0.15, -0.1) is 0 Å². The van der Waals surface area contributed by atoms with Gasteiger partial charge in [-0.1, -0.05) is 12.1 Å². The lowest BCUT2D eigenvalue weighted by molar-refractivity contribution is 0.205. The van der Waals surface area contributed by atoms with Crippen LogP contribution < -0.4 is 5.32 Å². The lowest BCUT2D eigenvalue weighted by atomic mass is 10.1. The smallest absolute Gasteiger partial charge is 0.123 e. The summed E-state index contributed by atoms with van der Waals surface area (Å²) in [5.74, 6) is -0.154. The highest BCUT2D eigenvalue weighted by atomic mass is 19.1. The summed E-state index contributed by atoms with van der Waals surface area (Å²) in [6.07, 6.45) is 3.55. The average Bonchev–Trinajstić information content (AvgIpc) is 2.39. The summed E-state index contributed by atoms with van der Waals surface area (Å²) in [6.45, 7) is 3.29. The van der Waals surface area contributed by atoms with E-state index in [1.165, 1.54) is 30.5 Å². The third kappa shape index (κ3) is 3.79. The molecule has 0 aromatic heterocycles. The predicted molar refractivity (Wildman–Crippen MR) is 68.6 cm³/mol. The van der Waals surface area contributed by atoms with Crippen molar-refractivity contribution in [2.75, 3.05) is 26.7 Å². The second-order valence-electron chi connectivity index (χ2n) is 4.86. The number of piperidine rings is 1. The highest BCUT2D eigenvalue weighted by Crippen LogP contribution is 2.10. The van der Waals surface area contributed by atoms with Gasteiger partial charge in [0.15, 0.2) is 0 Å². The molecule has 1 heterocycles. The molecule has 0 bridgehead atoms. The van der Waals surface area contributed by atoms with E-state index in [0.717, 1.165) is 26.1 Å². The Bertz CT molecular complexity index is 331. The van der Waals surface area contributed by atoms with Crippen LogP contribution in [-0.4, -0.2) is 37.6 Å². The summed E-state index contributed by atoms with van der Waals surface area (Å²) in [7, 11) is 2.18. The first-order chi connectivity index (χ1) is 8.25. The Kier molecular flexibility index (Phi) is 4.51. The van der Waals surface area contributed by atoms with Crippen molar-refractivity contribution in [2.24, 2.45) is 0 Å². The van der Waals surface area contributed by atoms with Gasteiger partial charge in [-0.3, -0.25) is 0 Å². The van der Waals surface area contributed by atoms with E-state index < -0.39 is 0 Å². The molecular weight excluding hydrogens is 215 g/mol. The zero-order valence-corrected chi connectivity index (χ0v) is 10.5. The van der Waals surface area contributed by atoms with Crippen LogP contribution in [0.25, 0.3) is 0 Å². The standard InChI is InChI=1S/C14H21FN2/c1-17(14-3-2-9-16-11-14)10-8-12-4-6-13(15)7-5-12/h4-7,14,16H,2-3,8-11H2,1H3. The molecule has 2 nitrogen and oxygen atoms in total. The molecule has 1 atom stereocenters. The molecule has 1 aliphatic heterocycles. The number of halogens is 1. The third-order valence-electron chi connectivity index (χ3n) is 3.56. The summed E-state index contributed by atoms with van der Waals surface area (Å²) >= 11 is 0. The molecule has 3 heteroatoms. The highest BCUT2D eigenvalue weighted by molar-refractivity contribution is 5.16. The lowest BCUT2D eigenvalue weighted by Gasteiger charge is -2.31. The zero-order chi connectivity index (χ0) is 12.1. The maximum atomic E-state index is 12.8. The maximum Gasteiger partial charge on any atom is 0.123 e. The fourth-order valence-electron chi connectivity index (χ4n) is 2.35. The number of likely N-dealkylation sites (N-methyl/N-ethyl adjacent to an activating group) is 1. The Hall–Kier alpha value is -0.930. The van der Waals surface area contributed by atoms with E-state index in [1.807, 2.05) is 12.1 Å². The largest absolute Gasteiger partial charge is 0.315 e. The van der Waals surface area contributed by atoms with Gasteiger partial charge in [0.25, 0.3) is 0 Å². The second-order valence-corrected chi connectivity index (χ2v) is 4.86. The van der Waals surface area contributed by atoms with Crippen molar-refractivity contribution < 1.29 is 4.39 Å². The van der Waals surface area contributed by atoms with Crippen LogP contribution >= 0.6 is 0 Å². The number of benzene rings is 1. The second kappa shape index (κ2) is 6.12. The molecule has 94 valence electrons. The fraction of sp³-hybridized carbons (Fsp3) is 0.571. The topological polar surface area (TPSA) is 15.3 Å². The molecule has 17 heavy (non-hydrogen) atoms. The number of rotatable bonds is 4. The van der Waals surface area contributed by atoms with Crippen LogP contribution in [0.4, 0.5) is 4.39 Å². The van der Waals surface area contributed by atoms with Crippen LogP contribution in [0.5, 0.6) is 0 Å². The molecule has 0 amide bonds. The van der Waals surface area contributed by atoms with Crippen molar-refractivity contribution in [1.29, 1.82) is 0 Å². The molecule has 0 saturated carbocycles. The monoisotopic (exact) mass is 236 g/mol. The minimum atomic E-state index is -0.154. The van der Waals surface area contributed by atoms with E-state index in [2.05, 4.69) is 17.3 Å². The Morgan fingerprint density at radius 2 is 2.12 bits per heavy atom. The molecule has 0 aliphatic carbocycles. The van der Waals surface area contributed by atoms with Gasteiger partial charge in [-0.25, -0.2) is 4.39 Å². The Morgan fingerprint density at radius 1 is 1.35 bits per heavy atom. The Morgan fingerprint density at radius 3 is 2.76 bits per heavy atom. The van der Waals surface area contributed by atoms with Gasteiger partial charge in [0.05, 0.1) is 0 Å². The molecule has 1 saturated heterocycles. The van der Waals surface area contributed by atoms with Crippen LogP contribution in [0.2, 0.25) is 0 Å². The summed E-state index contributed by atoms with van der Waals surface area (Å²) < 4.78 is 12.8. The number of hydrogen-bond acceptors (Lipinski definition) is 2. The minimum absolute atomic E-state index is 0.154. The molecule has 0 radical (unpaired) electrons. The molecule has 0 spiro atoms. The van der Waals surface area contributed by atoms with Crippen molar-refractivity contribution >= 4 is 0 Å². The highest BCUT2D eigenvalue weighted by Gasteiger charge is 2.16. The molecule has 1 unspecified atom stereocenters. The van der Waals surface area contributed by atoms with Crippen LogP contribution in [0.15, 0.2) is 24.3 Å². The minimum Gasteiger partial charge on any atom is -0.315 e. The molecule has 1 aliphatic rings. The van der Waals surface area contributed by atoms with E-state index in [9.17, 15) is 4.39 Å². The summed E-state index contributed by atoms with van der Waals surface area (Å²) in [5.41, 5.74) is 1.21. The summed E-state index contributed by atoms with van der Waals surface area (Å²) in [5, 5.41) is 3.43. The quantitative estimate of drug-likeness (QED) is 0.860. The van der Waals surface area contributed by atoms with Gasteiger partial charge < -0.3 is 10.2 Å². The van der Waals surface area contributed by atoms with E-state index in [1.54, 1.807) is 0 Å². The molecule has 1 aromatic rings. The van der Waals surface area contributed by atoms with Crippen LogP contribution in [0, 0.1) is 5.82 Å². The van der Waals surface area contributed by atoms with Crippen molar-refractivity contribution in [3.05, 3.63) is 35.6 Å². The molecule has 1 fully saturated rings. The van der Waals surface area contributed by atoms with Crippen molar-refractivity contribution in [3.63, 3.8) is 0 Å². The molecular formula is C14H21FN2. The zero-order valence-electron chi connectivity index (χ0n) is 10.5. The van der Waals surface area contributed by atoms with E-state index >= 15 is 0 Å². The maximum absolute atomic E-state index is 12.8. The van der Waals surface area contributed by atoms with Gasteiger partial charge in [0.1, 0.15) is 5.82 Å². The van der Waals surface area contributed by atoms with Gasteiger partial charge in [-0.05, 0) is 50.6 Å². The van der Waals surface area contributed by atoms with Gasteiger partial charge in [0, 0.05) is 19.1 Å². The van der Waals surface area contributed by atoms with E-state index in [4.69, 9.17) is 0 Å². The average molecular weight is 236 g/mol. The van der Waals surface area contributed by atoms with E-state index in [-0.39, 0.29) is 5.82 Å². The Balaban J connectivity index is 1.78. The van der Waals surface area contributed by atoms with Crippen LogP contribution in [-0.2, 0) is 6.42 Å². The van der Waals surface area contributed by atoms with Crippen LogP contribution in [0.1, 0.15) is 18.4 Å². The van der Waals surface area contributed by atoms with Gasteiger partial charge in [-0.2, -0.15) is 0 Å². The lowest BCUT2D eigenvalue weighted by Crippen LogP contribution is -2.44. The molecule has 1 aromatic carbocycles. The summed E-state index contributed by atoms with van der Waals surface area (Å²) in [6, 6.07) is 7.49. The van der Waals surface area contributed by atoms with Crippen molar-refractivity contribution in [3.8, 4) is 0 Å². The van der Waals surface area contributed by atoms with Gasteiger partial charge >= 0.3 is 0 Å². The normalized spacial score (nSPS) is 20.8. The summed E-state index contributed by atoms with van der Waals surface area (Å²) in [4.78, 5) is 2.41. The first-order valence-electron chi connectivity index (χ1n) is 6.41. The Labute approximate surface area is 103 Å². The number of nitrogens with one attached hydrogen (secondary N) is 1. The predicted octanol–water partition coefficient (Wildman–Crippen LogP) is 2.05. The molecule has 1 N–H and O–H groups in total. The number of hydrogen-bond donors (Lipinski definition) is 1. The number of nitrogens with zero attached hydrogens (tertiary/aromatic N) is 1. The van der Waals surface area contributed by atoms with E-state index in [0.29, 0.717) is 6.04 Å². The fourth-order valence-corrected chi connectivity index (χ4v) is 2.35. The van der Waals surface area contributed by atoms with Crippen LogP contribution in [0.3, 0.4) is 0 Å². The SMILES string of the molecule is CN(CCc1ccc(F)cc1)C1CCCNC1. The first-order valence-corrected chi connectivity index (χ1v) is 6.41. The van der Waals surface area contributed by atoms with Crippen molar-refractivity contribution in [1.82, 2.24) is 10.2 Å². The first kappa shape index (κ1) is 12.5. The third-order valence-corrected chi connectivity index (χ3v) is 3.56. The van der Waals surface area contributed by atoms with Gasteiger partial charge in [0.2, 0.25) is 0 Å². The van der Waals surface area contributed by atoms with Crippen molar-refractivity contribution in [2.45, 2.75) is 25.3 Å². The molecule has 2 rings (SSSR count).